The Morgan fingerprint density at radius 3 is 2.28 bits per heavy atom. The summed E-state index contributed by atoms with van der Waals surface area (Å²) in [7, 11) is -3.79. The van der Waals surface area contributed by atoms with E-state index in [9.17, 15) is 8.42 Å². The topological polar surface area (TPSA) is 98.2 Å². The Morgan fingerprint density at radius 1 is 1.28 bits per heavy atom. The third kappa shape index (κ3) is 3.36. The van der Waals surface area contributed by atoms with Crippen molar-refractivity contribution in [3.05, 3.63) is 18.2 Å². The molecule has 0 unspecified atom stereocenters. The normalized spacial score (nSPS) is 12.4. The number of nitrogens with one attached hydrogen (secondary N) is 1. The van der Waals surface area contributed by atoms with Crippen molar-refractivity contribution >= 4 is 21.4 Å². The van der Waals surface area contributed by atoms with Crippen LogP contribution in [-0.4, -0.2) is 14.0 Å². The van der Waals surface area contributed by atoms with Gasteiger partial charge in [0.25, 0.3) is 0 Å². The van der Waals surface area contributed by atoms with Crippen LogP contribution >= 0.6 is 0 Å². The largest absolute Gasteiger partial charge is 0.399 e. The van der Waals surface area contributed by atoms with Gasteiger partial charge in [-0.2, -0.15) is 0 Å². The smallest absolute Gasteiger partial charge is 0.240 e. The third-order valence-electron chi connectivity index (χ3n) is 3.31. The van der Waals surface area contributed by atoms with Gasteiger partial charge in [0.15, 0.2) is 0 Å². The molecule has 0 amide bonds. The molecule has 1 aromatic carbocycles. The molecule has 1 aromatic rings. The second-order valence-corrected chi connectivity index (χ2v) is 6.22. The zero-order chi connectivity index (χ0) is 14.0. The summed E-state index contributed by atoms with van der Waals surface area (Å²) >= 11 is 0. The highest BCUT2D eigenvalue weighted by Crippen LogP contribution is 2.28. The van der Waals surface area contributed by atoms with E-state index in [-0.39, 0.29) is 10.4 Å². The fourth-order valence-corrected chi connectivity index (χ4v) is 2.36. The third-order valence-corrected chi connectivity index (χ3v) is 4.26. The van der Waals surface area contributed by atoms with Crippen LogP contribution < -0.4 is 16.2 Å². The Bertz CT molecular complexity index is 522. The second kappa shape index (κ2) is 5.16. The molecule has 5 nitrogen and oxygen atoms in total. The second-order valence-electron chi connectivity index (χ2n) is 4.69. The number of rotatable bonds is 5. The summed E-state index contributed by atoms with van der Waals surface area (Å²) in [6.45, 7) is 6.13. The fraction of sp³-hybridized carbons (Fsp3) is 0.500. The number of sulfonamides is 1. The molecule has 0 aliphatic heterocycles. The van der Waals surface area contributed by atoms with Gasteiger partial charge < -0.3 is 11.1 Å². The van der Waals surface area contributed by atoms with E-state index >= 15 is 0 Å². The van der Waals surface area contributed by atoms with Crippen LogP contribution in [0.4, 0.5) is 11.4 Å². The standard InChI is InChI=1S/C12H21N3O2S/c1-4-12(3,5-2)15-10-7-6-9(13)8-11(10)18(14,16)17/h6-8,15H,4-5,13H2,1-3H3,(H2,14,16,17). The minimum absolute atomic E-state index is 0.0376. The van der Waals surface area contributed by atoms with E-state index in [0.29, 0.717) is 11.4 Å². The van der Waals surface area contributed by atoms with Crippen LogP contribution in [0.1, 0.15) is 33.6 Å². The molecule has 0 atom stereocenters. The van der Waals surface area contributed by atoms with Crippen LogP contribution in [0.15, 0.2) is 23.1 Å². The first-order valence-electron chi connectivity index (χ1n) is 5.92. The van der Waals surface area contributed by atoms with E-state index in [2.05, 4.69) is 5.32 Å². The number of hydrogen-bond donors (Lipinski definition) is 3. The lowest BCUT2D eigenvalue weighted by Gasteiger charge is -2.30. The van der Waals surface area contributed by atoms with E-state index in [4.69, 9.17) is 10.9 Å². The zero-order valence-electron chi connectivity index (χ0n) is 11.0. The summed E-state index contributed by atoms with van der Waals surface area (Å²) in [5.74, 6) is 0. The molecule has 6 heteroatoms. The molecule has 18 heavy (non-hydrogen) atoms. The summed E-state index contributed by atoms with van der Waals surface area (Å²) < 4.78 is 23.1. The van der Waals surface area contributed by atoms with Crippen molar-refractivity contribution in [3.8, 4) is 0 Å². The minimum Gasteiger partial charge on any atom is -0.399 e. The monoisotopic (exact) mass is 271 g/mol. The SMILES string of the molecule is CCC(C)(CC)Nc1ccc(N)cc1S(N)(=O)=O. The summed E-state index contributed by atoms with van der Waals surface area (Å²) in [5, 5.41) is 8.45. The number of nitrogen functional groups attached to an aromatic ring is 1. The van der Waals surface area contributed by atoms with Crippen molar-refractivity contribution in [2.24, 2.45) is 5.14 Å². The molecule has 0 aromatic heterocycles. The quantitative estimate of drug-likeness (QED) is 0.712. The van der Waals surface area contributed by atoms with Crippen LogP contribution in [0.25, 0.3) is 0 Å². The van der Waals surface area contributed by atoms with Crippen LogP contribution in [0.2, 0.25) is 0 Å². The Hall–Kier alpha value is -1.27. The van der Waals surface area contributed by atoms with Gasteiger partial charge in [-0.15, -0.1) is 0 Å². The Kier molecular flexibility index (Phi) is 4.24. The maximum Gasteiger partial charge on any atom is 0.240 e. The molecular weight excluding hydrogens is 250 g/mol. The molecule has 0 fully saturated rings. The van der Waals surface area contributed by atoms with E-state index in [1.807, 2.05) is 20.8 Å². The number of primary sulfonamides is 1. The molecule has 0 aliphatic carbocycles. The van der Waals surface area contributed by atoms with Crippen LogP contribution in [-0.2, 0) is 10.0 Å². The van der Waals surface area contributed by atoms with E-state index in [0.717, 1.165) is 12.8 Å². The van der Waals surface area contributed by atoms with Gasteiger partial charge in [0.05, 0.1) is 5.69 Å². The van der Waals surface area contributed by atoms with Crippen molar-refractivity contribution in [1.29, 1.82) is 0 Å². The average molecular weight is 271 g/mol. The predicted molar refractivity (Wildman–Crippen MR) is 74.8 cm³/mol. The van der Waals surface area contributed by atoms with E-state index in [1.165, 1.54) is 6.07 Å². The van der Waals surface area contributed by atoms with Gasteiger partial charge in [-0.1, -0.05) is 13.8 Å². The zero-order valence-corrected chi connectivity index (χ0v) is 11.8. The number of anilines is 2. The van der Waals surface area contributed by atoms with Crippen molar-refractivity contribution in [2.75, 3.05) is 11.1 Å². The van der Waals surface area contributed by atoms with Crippen LogP contribution in [0, 0.1) is 0 Å². The number of hydrogen-bond acceptors (Lipinski definition) is 4. The lowest BCUT2D eigenvalue weighted by atomic mass is 9.95. The van der Waals surface area contributed by atoms with Gasteiger partial charge in [-0.25, -0.2) is 13.6 Å². The molecule has 0 heterocycles. The molecule has 102 valence electrons. The molecule has 0 bridgehead atoms. The molecule has 0 saturated heterocycles. The number of benzene rings is 1. The van der Waals surface area contributed by atoms with Gasteiger partial charge in [0.1, 0.15) is 4.90 Å². The highest BCUT2D eigenvalue weighted by atomic mass is 32.2. The van der Waals surface area contributed by atoms with Crippen LogP contribution in [0.3, 0.4) is 0 Å². The fourth-order valence-electron chi connectivity index (χ4n) is 1.63. The lowest BCUT2D eigenvalue weighted by molar-refractivity contribution is 0.477. The first-order chi connectivity index (χ1) is 8.22. The van der Waals surface area contributed by atoms with Crippen molar-refractivity contribution in [3.63, 3.8) is 0 Å². The van der Waals surface area contributed by atoms with Gasteiger partial charge in [0, 0.05) is 11.2 Å². The predicted octanol–water partition coefficient (Wildman–Crippen LogP) is 1.91. The maximum atomic E-state index is 11.6. The van der Waals surface area contributed by atoms with Gasteiger partial charge in [-0.05, 0) is 38.0 Å². The summed E-state index contributed by atoms with van der Waals surface area (Å²) in [6, 6.07) is 4.69. The highest BCUT2D eigenvalue weighted by molar-refractivity contribution is 7.89. The summed E-state index contributed by atoms with van der Waals surface area (Å²) in [5.41, 5.74) is 6.31. The van der Waals surface area contributed by atoms with Crippen LogP contribution in [0.5, 0.6) is 0 Å². The molecule has 0 spiro atoms. The minimum atomic E-state index is -3.79. The summed E-state index contributed by atoms with van der Waals surface area (Å²) in [4.78, 5) is 0.0376. The van der Waals surface area contributed by atoms with Crippen molar-refractivity contribution in [1.82, 2.24) is 0 Å². The van der Waals surface area contributed by atoms with E-state index < -0.39 is 10.0 Å². The maximum absolute atomic E-state index is 11.6. The molecule has 0 aliphatic rings. The Balaban J connectivity index is 3.26. The molecule has 0 radical (unpaired) electrons. The molecule has 0 saturated carbocycles. The summed E-state index contributed by atoms with van der Waals surface area (Å²) in [6.07, 6.45) is 1.75. The molecular formula is C12H21N3O2S. The Morgan fingerprint density at radius 2 is 1.83 bits per heavy atom. The van der Waals surface area contributed by atoms with Crippen molar-refractivity contribution in [2.45, 2.75) is 44.0 Å². The molecule has 1 rings (SSSR count). The van der Waals surface area contributed by atoms with E-state index in [1.54, 1.807) is 12.1 Å². The Labute approximate surface area is 109 Å². The first-order valence-corrected chi connectivity index (χ1v) is 7.47. The first kappa shape index (κ1) is 14.8. The van der Waals surface area contributed by atoms with Crippen molar-refractivity contribution < 1.29 is 8.42 Å². The lowest BCUT2D eigenvalue weighted by Crippen LogP contribution is -2.34. The number of nitrogens with two attached hydrogens (primary N) is 2. The molecule has 5 N–H and O–H groups in total. The van der Waals surface area contributed by atoms with Gasteiger partial charge in [-0.3, -0.25) is 0 Å². The van der Waals surface area contributed by atoms with Gasteiger partial charge in [0.2, 0.25) is 10.0 Å². The highest BCUT2D eigenvalue weighted by Gasteiger charge is 2.23. The van der Waals surface area contributed by atoms with Gasteiger partial charge >= 0.3 is 0 Å². The average Bonchev–Trinajstić information content (AvgIpc) is 2.30.